The zero-order valence-corrected chi connectivity index (χ0v) is 39.7. The maximum absolute atomic E-state index is 14.5. The number of rotatable bonds is 7. The van der Waals surface area contributed by atoms with Crippen LogP contribution in [0.2, 0.25) is 0 Å². The smallest absolute Gasteiger partial charge is 0.329 e. The summed E-state index contributed by atoms with van der Waals surface area (Å²) in [5, 5.41) is 37.2. The van der Waals surface area contributed by atoms with E-state index in [2.05, 4.69) is 6.92 Å². The van der Waals surface area contributed by atoms with Gasteiger partial charge in [0.1, 0.15) is 35.9 Å². The summed E-state index contributed by atoms with van der Waals surface area (Å²) in [5.74, 6) is -7.06. The lowest BCUT2D eigenvalue weighted by Gasteiger charge is -2.47. The molecule has 65 heavy (non-hydrogen) atoms. The van der Waals surface area contributed by atoms with Gasteiger partial charge in [0.2, 0.25) is 5.79 Å². The molecule has 3 fully saturated rings. The number of methoxy groups -OCH3 is 2. The van der Waals surface area contributed by atoms with Crippen LogP contribution in [0.4, 0.5) is 0 Å². The monoisotopic (exact) mass is 904 g/mol. The van der Waals surface area contributed by atoms with E-state index in [-0.39, 0.29) is 43.4 Å². The van der Waals surface area contributed by atoms with E-state index in [1.165, 1.54) is 19.1 Å². The van der Waals surface area contributed by atoms with Gasteiger partial charge in [-0.25, -0.2) is 4.79 Å². The van der Waals surface area contributed by atoms with Gasteiger partial charge in [0, 0.05) is 44.9 Å². The van der Waals surface area contributed by atoms with Gasteiger partial charge in [-0.15, -0.1) is 0 Å². The van der Waals surface area contributed by atoms with Crippen molar-refractivity contribution in [1.82, 2.24) is 4.90 Å². The van der Waals surface area contributed by atoms with Crippen molar-refractivity contribution in [3.05, 3.63) is 65.8 Å². The highest BCUT2D eigenvalue weighted by Gasteiger charge is 2.56. The second kappa shape index (κ2) is 22.2. The van der Waals surface area contributed by atoms with E-state index in [1.54, 1.807) is 13.8 Å². The minimum absolute atomic E-state index is 0.0233. The summed E-state index contributed by atoms with van der Waals surface area (Å²) >= 11 is 0. The Kier molecular flexibility index (Phi) is 17.2. The molecule has 6 rings (SSSR count). The van der Waals surface area contributed by atoms with E-state index in [4.69, 9.17) is 23.7 Å². The molecule has 1 amide bonds. The number of ketones is 2. The minimum Gasteiger partial charge on any atom is -0.488 e. The first kappa shape index (κ1) is 50.4. The average molecular weight is 904 g/mol. The highest BCUT2D eigenvalue weighted by molar-refractivity contribution is 6.39. The number of fused-ring (bicyclic) bond motifs is 4. The first-order valence-electron chi connectivity index (χ1n) is 23.9. The van der Waals surface area contributed by atoms with Crippen LogP contribution >= 0.6 is 0 Å². The Labute approximate surface area is 384 Å². The number of esters is 1. The number of aliphatic hydroxyl groups excluding tert-OH is 2. The summed E-state index contributed by atoms with van der Waals surface area (Å²) in [6.45, 7) is 11.3. The van der Waals surface area contributed by atoms with Crippen LogP contribution < -0.4 is 4.74 Å². The predicted molar refractivity (Wildman–Crippen MR) is 246 cm³/mol. The van der Waals surface area contributed by atoms with Crippen molar-refractivity contribution in [2.75, 3.05) is 20.8 Å². The number of amides is 1. The van der Waals surface area contributed by atoms with Crippen molar-refractivity contribution in [3.63, 3.8) is 0 Å². The number of carbonyl (C=O) groups excluding carboxylic acids is 4. The number of aliphatic hydroxyl groups is 3. The SMILES string of the molecule is CCC1C=C(C)CC(C)CC(OC)C2OC(O)(C(=O)C(=O)N3CCCCC3C(=O)OC(C(C)=CC3CCC(O)C(Oc4ccc5ccccc5c4)C3)C(C)C(O)CC1=O)C(C)CC2OC. The lowest BCUT2D eigenvalue weighted by Crippen LogP contribution is -2.64. The molecule has 14 unspecified atom stereocenters. The third kappa shape index (κ3) is 11.8. The van der Waals surface area contributed by atoms with E-state index in [1.807, 2.05) is 75.4 Å². The third-order valence-electron chi connectivity index (χ3n) is 14.6. The predicted octanol–water partition coefficient (Wildman–Crippen LogP) is 7.06. The highest BCUT2D eigenvalue weighted by atomic mass is 16.7. The molecule has 1 saturated carbocycles. The molecule has 1 aliphatic carbocycles. The van der Waals surface area contributed by atoms with Crippen molar-refractivity contribution in [2.24, 2.45) is 29.6 Å². The summed E-state index contributed by atoms with van der Waals surface area (Å²) in [5.41, 5.74) is 1.63. The molecular weight excluding hydrogens is 831 g/mol. The summed E-state index contributed by atoms with van der Waals surface area (Å²) in [4.78, 5) is 58.4. The summed E-state index contributed by atoms with van der Waals surface area (Å²) in [6, 6.07) is 12.7. The Morgan fingerprint density at radius 2 is 1.58 bits per heavy atom. The molecule has 3 N–H and O–H groups in total. The van der Waals surface area contributed by atoms with Gasteiger partial charge in [-0.1, -0.05) is 75.8 Å². The molecule has 2 aromatic carbocycles. The summed E-state index contributed by atoms with van der Waals surface area (Å²) in [6.07, 6.45) is 3.10. The third-order valence-corrected chi connectivity index (χ3v) is 14.6. The molecule has 3 heterocycles. The Balaban J connectivity index is 1.32. The maximum Gasteiger partial charge on any atom is 0.329 e. The molecule has 3 aliphatic heterocycles. The van der Waals surface area contributed by atoms with Crippen molar-refractivity contribution in [1.29, 1.82) is 0 Å². The van der Waals surface area contributed by atoms with Crippen molar-refractivity contribution < 1.29 is 58.2 Å². The molecule has 0 radical (unpaired) electrons. The normalized spacial score (nSPS) is 36.6. The molecule has 2 bridgehead atoms. The fourth-order valence-electron chi connectivity index (χ4n) is 10.7. The van der Waals surface area contributed by atoms with Crippen LogP contribution in [-0.4, -0.2) is 119 Å². The lowest BCUT2D eigenvalue weighted by atomic mass is 9.81. The molecule has 13 heteroatoms. The molecule has 14 atom stereocenters. The maximum atomic E-state index is 14.5. The van der Waals surface area contributed by atoms with Crippen molar-refractivity contribution in [3.8, 4) is 5.75 Å². The van der Waals surface area contributed by atoms with Crippen LogP contribution in [0, 0.1) is 29.6 Å². The topological polar surface area (TPSA) is 178 Å². The summed E-state index contributed by atoms with van der Waals surface area (Å²) < 4.78 is 30.8. The molecule has 2 aromatic rings. The van der Waals surface area contributed by atoms with E-state index in [0.29, 0.717) is 62.7 Å². The van der Waals surface area contributed by atoms with Crippen LogP contribution in [0.15, 0.2) is 65.8 Å². The molecule has 2 saturated heterocycles. The zero-order chi connectivity index (χ0) is 47.2. The second-order valence-electron chi connectivity index (χ2n) is 19.5. The second-order valence-corrected chi connectivity index (χ2v) is 19.5. The van der Waals surface area contributed by atoms with Crippen molar-refractivity contribution >= 4 is 34.2 Å². The van der Waals surface area contributed by atoms with E-state index < -0.39 is 90.0 Å². The van der Waals surface area contributed by atoms with Gasteiger partial charge in [-0.2, -0.15) is 0 Å². The van der Waals surface area contributed by atoms with Gasteiger partial charge in [0.15, 0.2) is 0 Å². The Bertz CT molecular complexity index is 2050. The quantitative estimate of drug-likeness (QED) is 0.147. The number of carbonyl (C=O) groups is 4. The van der Waals surface area contributed by atoms with Crippen LogP contribution in [0.5, 0.6) is 5.75 Å². The van der Waals surface area contributed by atoms with Gasteiger partial charge < -0.3 is 43.9 Å². The van der Waals surface area contributed by atoms with Crippen molar-refractivity contribution in [2.45, 2.75) is 167 Å². The van der Waals surface area contributed by atoms with Gasteiger partial charge in [0.25, 0.3) is 11.7 Å². The molecule has 0 spiro atoms. The molecule has 4 aliphatic rings. The molecule has 0 aromatic heterocycles. The number of nitrogens with zero attached hydrogens (tertiary/aromatic N) is 1. The number of benzene rings is 2. The minimum atomic E-state index is -2.52. The molecule has 13 nitrogen and oxygen atoms in total. The fraction of sp³-hybridized carbons (Fsp3) is 0.654. The molecular formula is C52H73NO12. The zero-order valence-electron chi connectivity index (χ0n) is 39.7. The molecule has 358 valence electrons. The highest BCUT2D eigenvalue weighted by Crippen LogP contribution is 2.39. The van der Waals surface area contributed by atoms with Crippen LogP contribution in [0.25, 0.3) is 10.8 Å². The lowest BCUT2D eigenvalue weighted by molar-refractivity contribution is -0.302. The largest absolute Gasteiger partial charge is 0.488 e. The number of allylic oxidation sites excluding steroid dienone is 3. The van der Waals surface area contributed by atoms with Gasteiger partial charge in [-0.3, -0.25) is 14.4 Å². The van der Waals surface area contributed by atoms with Gasteiger partial charge >= 0.3 is 5.97 Å². The first-order chi connectivity index (χ1) is 31.0. The number of hydrogen-bond acceptors (Lipinski definition) is 12. The standard InChI is InChI=1S/C52H73NO12/c1-9-36-23-30(2)22-31(3)24-45(61-7)48-46(62-8)26-33(5)52(60,65-48)49(57)50(58)53-21-13-12-16-40(53)51(59)64-47(34(6)42(55)29-43(36)56)32(4)25-35-17-20-41(54)44(27-35)63-39-19-18-37-14-10-11-15-38(37)28-39/h10-11,14-15,18-19,23,25,28,31,33-36,40-42,44-48,54-55,60H,9,12-13,16-17,20-22,24,26-27,29H2,1-8H3. The Hall–Kier alpha value is -3.98. The van der Waals surface area contributed by atoms with E-state index in [0.717, 1.165) is 16.3 Å². The summed E-state index contributed by atoms with van der Waals surface area (Å²) in [7, 11) is 3.07. The van der Waals surface area contributed by atoms with Crippen LogP contribution in [0.1, 0.15) is 112 Å². The number of piperidine rings is 1. The Morgan fingerprint density at radius 1 is 0.877 bits per heavy atom. The Morgan fingerprint density at radius 3 is 2.29 bits per heavy atom. The number of cyclic esters (lactones) is 1. The van der Waals surface area contributed by atoms with E-state index >= 15 is 0 Å². The van der Waals surface area contributed by atoms with Crippen LogP contribution in [-0.2, 0) is 38.1 Å². The van der Waals surface area contributed by atoms with Crippen LogP contribution in [0.3, 0.4) is 0 Å². The van der Waals surface area contributed by atoms with Gasteiger partial charge in [-0.05, 0) is 118 Å². The van der Waals surface area contributed by atoms with Gasteiger partial charge in [0.05, 0.1) is 24.4 Å². The number of ether oxygens (including phenoxy) is 5. The average Bonchev–Trinajstić information content (AvgIpc) is 3.29. The van der Waals surface area contributed by atoms with E-state index in [9.17, 15) is 34.5 Å². The fourth-order valence-corrected chi connectivity index (χ4v) is 10.7. The first-order valence-corrected chi connectivity index (χ1v) is 23.9. The number of Topliss-reactive ketones (excluding diaryl/α,β-unsaturated/α-hetero) is 2. The number of hydrogen-bond donors (Lipinski definition) is 3.